The lowest BCUT2D eigenvalue weighted by Gasteiger charge is -2.25. The van der Waals surface area contributed by atoms with E-state index in [2.05, 4.69) is 20.7 Å². The van der Waals surface area contributed by atoms with E-state index in [-0.39, 0.29) is 0 Å². The Labute approximate surface area is 170 Å². The Hall–Kier alpha value is -1.91. The molecule has 10 heteroatoms. The van der Waals surface area contributed by atoms with Crippen LogP contribution in [0.1, 0.15) is 36.8 Å². The third-order valence-corrected chi connectivity index (χ3v) is 8.09. The van der Waals surface area contributed by atoms with E-state index in [1.165, 1.54) is 11.3 Å². The third kappa shape index (κ3) is 5.12. The maximum absolute atomic E-state index is 12.8. The van der Waals surface area contributed by atoms with Gasteiger partial charge in [0.15, 0.2) is 5.96 Å². The minimum Gasteiger partial charge on any atom is -0.357 e. The number of nitrogens with zero attached hydrogens (tertiary/aromatic N) is 4. The highest BCUT2D eigenvalue weighted by Crippen LogP contribution is 2.27. The molecule has 3 heterocycles. The van der Waals surface area contributed by atoms with Gasteiger partial charge in [0.05, 0.1) is 18.8 Å². The molecule has 2 N–H and O–H groups in total. The molecule has 3 rings (SSSR count). The van der Waals surface area contributed by atoms with Gasteiger partial charge in [0.1, 0.15) is 4.21 Å². The number of aliphatic imine (C=N–C) groups is 1. The van der Waals surface area contributed by atoms with Gasteiger partial charge in [0.25, 0.3) is 10.0 Å². The summed E-state index contributed by atoms with van der Waals surface area (Å²) in [4.78, 5) is 5.53. The molecule has 0 bridgehead atoms. The number of aromatic nitrogens is 2. The first-order valence-corrected chi connectivity index (χ1v) is 11.8. The Morgan fingerprint density at radius 3 is 2.68 bits per heavy atom. The van der Waals surface area contributed by atoms with Gasteiger partial charge in [0, 0.05) is 37.8 Å². The zero-order valence-electron chi connectivity index (χ0n) is 16.4. The molecule has 1 fully saturated rings. The van der Waals surface area contributed by atoms with Gasteiger partial charge in [-0.25, -0.2) is 13.4 Å². The summed E-state index contributed by atoms with van der Waals surface area (Å²) in [7, 11) is -1.48. The first-order valence-electron chi connectivity index (χ1n) is 9.58. The minimum absolute atomic E-state index is 0.419. The van der Waals surface area contributed by atoms with Crippen LogP contribution in [0, 0.1) is 0 Å². The molecule has 2 aromatic rings. The molecular weight excluding hydrogens is 396 g/mol. The second kappa shape index (κ2) is 9.53. The summed E-state index contributed by atoms with van der Waals surface area (Å²) >= 11 is 1.32. The summed E-state index contributed by atoms with van der Waals surface area (Å²) in [6, 6.07) is 5.52. The van der Waals surface area contributed by atoms with Crippen molar-refractivity contribution in [3.8, 4) is 0 Å². The van der Waals surface area contributed by atoms with Gasteiger partial charge >= 0.3 is 0 Å². The first kappa shape index (κ1) is 20.8. The Bertz CT molecular complexity index is 897. The molecule has 0 saturated carbocycles. The molecular formula is C18H28N6O2S2. The van der Waals surface area contributed by atoms with Crippen LogP contribution in [0.5, 0.6) is 0 Å². The van der Waals surface area contributed by atoms with Crippen LogP contribution in [0.3, 0.4) is 0 Å². The fourth-order valence-corrected chi connectivity index (χ4v) is 6.02. The molecule has 1 aliphatic rings. The normalized spacial score (nSPS) is 16.3. The Morgan fingerprint density at radius 1 is 1.21 bits per heavy atom. The van der Waals surface area contributed by atoms with Crippen LogP contribution < -0.4 is 10.6 Å². The van der Waals surface area contributed by atoms with E-state index in [0.717, 1.165) is 36.4 Å². The fourth-order valence-electron chi connectivity index (χ4n) is 3.05. The molecule has 0 amide bonds. The monoisotopic (exact) mass is 424 g/mol. The van der Waals surface area contributed by atoms with Gasteiger partial charge in [-0.3, -0.25) is 4.68 Å². The van der Waals surface area contributed by atoms with Crippen molar-refractivity contribution in [2.45, 2.75) is 43.5 Å². The number of guanidine groups is 1. The second-order valence-electron chi connectivity index (χ2n) is 6.68. The van der Waals surface area contributed by atoms with Gasteiger partial charge in [0.2, 0.25) is 0 Å². The van der Waals surface area contributed by atoms with Crippen molar-refractivity contribution in [3.63, 3.8) is 0 Å². The van der Waals surface area contributed by atoms with E-state index in [1.807, 2.05) is 26.1 Å². The molecule has 0 atom stereocenters. The van der Waals surface area contributed by atoms with E-state index in [1.54, 1.807) is 21.3 Å². The lowest BCUT2D eigenvalue weighted by Crippen LogP contribution is -2.36. The summed E-state index contributed by atoms with van der Waals surface area (Å²) in [6.07, 6.45) is 4.74. The SMILES string of the molecule is CCNC(=NCc1ccnn1C)NCc1ccc(S(=O)(=O)N2CCCCC2)s1. The molecule has 0 aliphatic carbocycles. The standard InChI is InChI=1S/C18H28N6O2S2/c1-3-19-18(20-13-15-9-10-22-23(15)2)21-14-16-7-8-17(27-16)28(25,26)24-11-5-4-6-12-24/h7-10H,3-6,11-14H2,1-2H3,(H2,19,20,21). The van der Waals surface area contributed by atoms with Gasteiger partial charge < -0.3 is 10.6 Å². The van der Waals surface area contributed by atoms with Crippen LogP contribution in [0.4, 0.5) is 0 Å². The molecule has 0 unspecified atom stereocenters. The number of hydrogen-bond donors (Lipinski definition) is 2. The quantitative estimate of drug-likeness (QED) is 0.523. The van der Waals surface area contributed by atoms with E-state index in [9.17, 15) is 8.42 Å². The summed E-state index contributed by atoms with van der Waals surface area (Å²) < 4.78 is 29.4. The minimum atomic E-state index is -3.37. The molecule has 0 aromatic carbocycles. The summed E-state index contributed by atoms with van der Waals surface area (Å²) in [5, 5.41) is 10.6. The van der Waals surface area contributed by atoms with Crippen molar-refractivity contribution in [3.05, 3.63) is 35.0 Å². The third-order valence-electron chi connectivity index (χ3n) is 4.64. The Balaban J connectivity index is 1.62. The molecule has 0 spiro atoms. The lowest BCUT2D eigenvalue weighted by molar-refractivity contribution is 0.347. The van der Waals surface area contributed by atoms with Crippen LogP contribution in [-0.2, 0) is 30.2 Å². The van der Waals surface area contributed by atoms with Crippen LogP contribution in [0.15, 0.2) is 33.6 Å². The van der Waals surface area contributed by atoms with Gasteiger partial charge in [-0.2, -0.15) is 9.40 Å². The van der Waals surface area contributed by atoms with Crippen molar-refractivity contribution in [2.75, 3.05) is 19.6 Å². The van der Waals surface area contributed by atoms with Crippen molar-refractivity contribution in [2.24, 2.45) is 12.0 Å². The number of aryl methyl sites for hydroxylation is 1. The van der Waals surface area contributed by atoms with Gasteiger partial charge in [-0.1, -0.05) is 6.42 Å². The first-order chi connectivity index (χ1) is 13.5. The zero-order chi connectivity index (χ0) is 20.0. The summed E-state index contributed by atoms with van der Waals surface area (Å²) in [5.41, 5.74) is 1.02. The average Bonchev–Trinajstić information content (AvgIpc) is 3.34. The zero-order valence-corrected chi connectivity index (χ0v) is 18.0. The Kier molecular flexibility index (Phi) is 7.08. The smallest absolute Gasteiger partial charge is 0.252 e. The predicted octanol–water partition coefficient (Wildman–Crippen LogP) is 1.91. The molecule has 28 heavy (non-hydrogen) atoms. The van der Waals surface area contributed by atoms with Crippen molar-refractivity contribution in [1.82, 2.24) is 24.7 Å². The summed E-state index contributed by atoms with van der Waals surface area (Å²) in [6.45, 7) is 5.05. The summed E-state index contributed by atoms with van der Waals surface area (Å²) in [5.74, 6) is 0.692. The van der Waals surface area contributed by atoms with Crippen LogP contribution >= 0.6 is 11.3 Å². The van der Waals surface area contributed by atoms with E-state index < -0.39 is 10.0 Å². The van der Waals surface area contributed by atoms with Gasteiger partial charge in [-0.15, -0.1) is 11.3 Å². The highest BCUT2D eigenvalue weighted by Gasteiger charge is 2.27. The number of thiophene rings is 1. The van der Waals surface area contributed by atoms with E-state index in [4.69, 9.17) is 0 Å². The number of nitrogens with one attached hydrogen (secondary N) is 2. The maximum atomic E-state index is 12.8. The molecule has 8 nitrogen and oxygen atoms in total. The fraction of sp³-hybridized carbons (Fsp3) is 0.556. The molecule has 154 valence electrons. The van der Waals surface area contributed by atoms with Gasteiger partial charge in [-0.05, 0) is 38.0 Å². The average molecular weight is 425 g/mol. The highest BCUT2D eigenvalue weighted by atomic mass is 32.2. The van der Waals surface area contributed by atoms with Crippen molar-refractivity contribution < 1.29 is 8.42 Å². The second-order valence-corrected chi connectivity index (χ2v) is 10.0. The number of hydrogen-bond acceptors (Lipinski definition) is 5. The van der Waals surface area contributed by atoms with Crippen LogP contribution in [-0.4, -0.2) is 48.1 Å². The van der Waals surface area contributed by atoms with Crippen molar-refractivity contribution >= 4 is 27.3 Å². The topological polar surface area (TPSA) is 91.6 Å². The largest absolute Gasteiger partial charge is 0.357 e. The number of rotatable bonds is 7. The highest BCUT2D eigenvalue weighted by molar-refractivity contribution is 7.91. The van der Waals surface area contributed by atoms with Crippen LogP contribution in [0.25, 0.3) is 0 Å². The van der Waals surface area contributed by atoms with Crippen LogP contribution in [0.2, 0.25) is 0 Å². The molecule has 0 radical (unpaired) electrons. The predicted molar refractivity (Wildman–Crippen MR) is 112 cm³/mol. The number of sulfonamides is 1. The maximum Gasteiger partial charge on any atom is 0.252 e. The van der Waals surface area contributed by atoms with Crippen molar-refractivity contribution in [1.29, 1.82) is 0 Å². The molecule has 1 saturated heterocycles. The molecule has 2 aromatic heterocycles. The van der Waals surface area contributed by atoms with E-state index in [0.29, 0.717) is 36.3 Å². The lowest BCUT2D eigenvalue weighted by atomic mass is 10.2. The van der Waals surface area contributed by atoms with E-state index >= 15 is 0 Å². The Morgan fingerprint density at radius 2 is 2.00 bits per heavy atom. The number of piperidine rings is 1. The molecule has 1 aliphatic heterocycles.